The predicted octanol–water partition coefficient (Wildman–Crippen LogP) is 1.93. The number of carbonyl (C=O) groups is 1. The Balaban J connectivity index is 1.76. The Hall–Kier alpha value is -2.21. The van der Waals surface area contributed by atoms with Crippen LogP contribution in [0.15, 0.2) is 30.6 Å². The number of hydrogen-bond donors (Lipinski definition) is 1. The highest BCUT2D eigenvalue weighted by Crippen LogP contribution is 2.16. The number of aromatic amines is 1. The van der Waals surface area contributed by atoms with Crippen LogP contribution < -0.4 is 0 Å². The molecule has 116 valence electrons. The highest BCUT2D eigenvalue weighted by atomic mass is 16.5. The summed E-state index contributed by atoms with van der Waals surface area (Å²) in [6, 6.07) is 5.62. The van der Waals surface area contributed by atoms with E-state index >= 15 is 0 Å². The van der Waals surface area contributed by atoms with Crippen LogP contribution in [0.1, 0.15) is 34.6 Å². The highest BCUT2D eigenvalue weighted by molar-refractivity contribution is 5.92. The van der Waals surface area contributed by atoms with Crippen molar-refractivity contribution in [2.24, 2.45) is 0 Å². The number of hydrogen-bond acceptors (Lipinski definition) is 4. The summed E-state index contributed by atoms with van der Waals surface area (Å²) in [7, 11) is 0. The quantitative estimate of drug-likeness (QED) is 0.916. The van der Waals surface area contributed by atoms with E-state index in [1.165, 1.54) is 0 Å². The number of aryl methyl sites for hydroxylation is 1. The van der Waals surface area contributed by atoms with Crippen LogP contribution in [-0.4, -0.2) is 45.2 Å². The van der Waals surface area contributed by atoms with Crippen LogP contribution in [0.25, 0.3) is 0 Å². The average molecular weight is 300 g/mol. The van der Waals surface area contributed by atoms with Crippen molar-refractivity contribution in [3.8, 4) is 0 Å². The Kier molecular flexibility index (Phi) is 4.48. The SMILES string of the molecule is Cc1cc(C(=O)N(Cc2cccnc2)CC2CCCO2)n[nH]1. The zero-order valence-corrected chi connectivity index (χ0v) is 12.7. The molecule has 0 aromatic carbocycles. The van der Waals surface area contributed by atoms with Gasteiger partial charge in [0, 0.05) is 37.8 Å². The molecule has 2 aromatic heterocycles. The van der Waals surface area contributed by atoms with Crippen molar-refractivity contribution < 1.29 is 9.53 Å². The molecule has 1 saturated heterocycles. The fourth-order valence-corrected chi connectivity index (χ4v) is 2.66. The molecular formula is C16H20N4O2. The van der Waals surface area contributed by atoms with Crippen LogP contribution in [0, 0.1) is 6.92 Å². The molecule has 3 heterocycles. The van der Waals surface area contributed by atoms with Gasteiger partial charge in [0.2, 0.25) is 0 Å². The van der Waals surface area contributed by atoms with E-state index in [9.17, 15) is 4.79 Å². The Labute approximate surface area is 129 Å². The van der Waals surface area contributed by atoms with Gasteiger partial charge in [-0.1, -0.05) is 6.07 Å². The van der Waals surface area contributed by atoms with Crippen molar-refractivity contribution >= 4 is 5.91 Å². The molecule has 2 aromatic rings. The van der Waals surface area contributed by atoms with E-state index in [0.29, 0.717) is 18.8 Å². The number of nitrogens with zero attached hydrogens (tertiary/aromatic N) is 3. The van der Waals surface area contributed by atoms with Crippen LogP contribution in [0.4, 0.5) is 0 Å². The molecule has 6 nitrogen and oxygen atoms in total. The van der Waals surface area contributed by atoms with Gasteiger partial charge in [0.05, 0.1) is 6.10 Å². The zero-order chi connectivity index (χ0) is 15.4. The smallest absolute Gasteiger partial charge is 0.274 e. The molecule has 0 bridgehead atoms. The lowest BCUT2D eigenvalue weighted by atomic mass is 10.2. The summed E-state index contributed by atoms with van der Waals surface area (Å²) in [5.41, 5.74) is 2.32. The van der Waals surface area contributed by atoms with Crippen molar-refractivity contribution in [1.82, 2.24) is 20.1 Å². The number of pyridine rings is 1. The lowest BCUT2D eigenvalue weighted by Crippen LogP contribution is -2.37. The first-order valence-corrected chi connectivity index (χ1v) is 7.54. The fourth-order valence-electron chi connectivity index (χ4n) is 2.66. The number of rotatable bonds is 5. The molecule has 1 unspecified atom stereocenters. The molecule has 6 heteroatoms. The van der Waals surface area contributed by atoms with E-state index in [1.54, 1.807) is 23.4 Å². The summed E-state index contributed by atoms with van der Waals surface area (Å²) >= 11 is 0. The highest BCUT2D eigenvalue weighted by Gasteiger charge is 2.24. The summed E-state index contributed by atoms with van der Waals surface area (Å²) in [5, 5.41) is 6.90. The van der Waals surface area contributed by atoms with Crippen LogP contribution >= 0.6 is 0 Å². The van der Waals surface area contributed by atoms with Gasteiger partial charge in [-0.15, -0.1) is 0 Å². The second-order valence-electron chi connectivity index (χ2n) is 5.62. The third-order valence-corrected chi connectivity index (χ3v) is 3.76. The third-order valence-electron chi connectivity index (χ3n) is 3.76. The van der Waals surface area contributed by atoms with E-state index < -0.39 is 0 Å². The third kappa shape index (κ3) is 3.51. The van der Waals surface area contributed by atoms with Gasteiger partial charge >= 0.3 is 0 Å². The van der Waals surface area contributed by atoms with E-state index in [2.05, 4.69) is 15.2 Å². The average Bonchev–Trinajstić information content (AvgIpc) is 3.18. The van der Waals surface area contributed by atoms with E-state index in [4.69, 9.17) is 4.74 Å². The molecule has 1 N–H and O–H groups in total. The van der Waals surface area contributed by atoms with E-state index in [-0.39, 0.29) is 12.0 Å². The molecule has 3 rings (SSSR count). The predicted molar refractivity (Wildman–Crippen MR) is 81.3 cm³/mol. The summed E-state index contributed by atoms with van der Waals surface area (Å²) in [6.45, 7) is 3.76. The standard InChI is InChI=1S/C16H20N4O2/c1-12-8-15(19-18-12)16(21)20(11-14-5-3-7-22-14)10-13-4-2-6-17-9-13/h2,4,6,8-9,14H,3,5,7,10-11H2,1H3,(H,18,19). The van der Waals surface area contributed by atoms with Crippen molar-refractivity contribution in [2.45, 2.75) is 32.4 Å². The molecule has 0 aliphatic carbocycles. The largest absolute Gasteiger partial charge is 0.376 e. The first kappa shape index (κ1) is 14.7. The summed E-state index contributed by atoms with van der Waals surface area (Å²) in [5.74, 6) is -0.0799. The Bertz CT molecular complexity index is 620. The number of carbonyl (C=O) groups excluding carboxylic acids is 1. The summed E-state index contributed by atoms with van der Waals surface area (Å²) in [4.78, 5) is 18.6. The maximum absolute atomic E-state index is 12.7. The van der Waals surface area contributed by atoms with Gasteiger partial charge in [-0.3, -0.25) is 14.9 Å². The topological polar surface area (TPSA) is 71.1 Å². The van der Waals surface area contributed by atoms with Crippen LogP contribution in [-0.2, 0) is 11.3 Å². The van der Waals surface area contributed by atoms with Crippen molar-refractivity contribution in [3.63, 3.8) is 0 Å². The zero-order valence-electron chi connectivity index (χ0n) is 12.7. The summed E-state index contributed by atoms with van der Waals surface area (Å²) < 4.78 is 5.67. The number of aromatic nitrogens is 3. The number of nitrogens with one attached hydrogen (secondary N) is 1. The van der Waals surface area contributed by atoms with Crippen molar-refractivity contribution in [1.29, 1.82) is 0 Å². The Morgan fingerprint density at radius 3 is 3.09 bits per heavy atom. The molecule has 22 heavy (non-hydrogen) atoms. The van der Waals surface area contributed by atoms with Crippen LogP contribution in [0.2, 0.25) is 0 Å². The minimum atomic E-state index is -0.0799. The Morgan fingerprint density at radius 2 is 2.45 bits per heavy atom. The van der Waals surface area contributed by atoms with Crippen LogP contribution in [0.5, 0.6) is 0 Å². The molecule has 1 atom stereocenters. The molecule has 1 fully saturated rings. The molecule has 1 aliphatic rings. The lowest BCUT2D eigenvalue weighted by molar-refractivity contribution is 0.0502. The van der Waals surface area contributed by atoms with Crippen molar-refractivity contribution in [2.75, 3.05) is 13.2 Å². The molecule has 1 aliphatic heterocycles. The van der Waals surface area contributed by atoms with E-state index in [1.807, 2.05) is 19.1 Å². The first-order valence-electron chi connectivity index (χ1n) is 7.54. The van der Waals surface area contributed by atoms with Gasteiger partial charge in [0.15, 0.2) is 0 Å². The van der Waals surface area contributed by atoms with E-state index in [0.717, 1.165) is 30.7 Å². The monoisotopic (exact) mass is 300 g/mol. The van der Waals surface area contributed by atoms with Gasteiger partial charge in [-0.25, -0.2) is 0 Å². The second-order valence-corrected chi connectivity index (χ2v) is 5.62. The molecule has 0 radical (unpaired) electrons. The van der Waals surface area contributed by atoms with Gasteiger partial charge in [0.1, 0.15) is 5.69 Å². The minimum Gasteiger partial charge on any atom is -0.376 e. The number of ether oxygens (including phenoxy) is 1. The van der Waals surface area contributed by atoms with Gasteiger partial charge in [0.25, 0.3) is 5.91 Å². The minimum absolute atomic E-state index is 0.0799. The number of amides is 1. The van der Waals surface area contributed by atoms with Gasteiger partial charge in [-0.05, 0) is 37.5 Å². The maximum atomic E-state index is 12.7. The van der Waals surface area contributed by atoms with Gasteiger partial charge in [-0.2, -0.15) is 5.10 Å². The molecule has 1 amide bonds. The normalized spacial score (nSPS) is 17.6. The van der Waals surface area contributed by atoms with Crippen LogP contribution in [0.3, 0.4) is 0 Å². The van der Waals surface area contributed by atoms with Crippen molar-refractivity contribution in [3.05, 3.63) is 47.5 Å². The molecular weight excluding hydrogens is 280 g/mol. The lowest BCUT2D eigenvalue weighted by Gasteiger charge is -2.24. The summed E-state index contributed by atoms with van der Waals surface area (Å²) in [6.07, 6.45) is 5.68. The van der Waals surface area contributed by atoms with Gasteiger partial charge < -0.3 is 9.64 Å². The Morgan fingerprint density at radius 1 is 1.55 bits per heavy atom. The first-order chi connectivity index (χ1) is 10.7. The molecule has 0 saturated carbocycles. The molecule has 0 spiro atoms. The maximum Gasteiger partial charge on any atom is 0.274 e. The number of H-pyrrole nitrogens is 1. The fraction of sp³-hybridized carbons (Fsp3) is 0.438. The second kappa shape index (κ2) is 6.70.